The monoisotopic (exact) mass is 400 g/mol. The summed E-state index contributed by atoms with van der Waals surface area (Å²) in [5.74, 6) is 0.766. The molecule has 0 N–H and O–H groups in total. The highest BCUT2D eigenvalue weighted by atomic mass is 32.2. The summed E-state index contributed by atoms with van der Waals surface area (Å²) in [6.07, 6.45) is 4.60. The highest BCUT2D eigenvalue weighted by molar-refractivity contribution is 7.92. The Balaban J connectivity index is 1.36. The second-order valence-electron chi connectivity index (χ2n) is 7.78. The van der Waals surface area contributed by atoms with Crippen LogP contribution in [0, 0.1) is 0 Å². The van der Waals surface area contributed by atoms with Crippen LogP contribution in [0.3, 0.4) is 0 Å². The molecular formula is C21H28N4O2S. The summed E-state index contributed by atoms with van der Waals surface area (Å²) >= 11 is 0. The number of benzene rings is 1. The zero-order valence-electron chi connectivity index (χ0n) is 16.2. The number of piperazine rings is 1. The van der Waals surface area contributed by atoms with Crippen molar-refractivity contribution in [2.75, 3.05) is 31.1 Å². The van der Waals surface area contributed by atoms with Gasteiger partial charge in [-0.1, -0.05) is 49.6 Å². The summed E-state index contributed by atoms with van der Waals surface area (Å²) in [6.45, 7) is 4.61. The zero-order valence-corrected chi connectivity index (χ0v) is 17.0. The first-order valence-corrected chi connectivity index (χ1v) is 11.8. The van der Waals surface area contributed by atoms with Crippen LogP contribution in [0.1, 0.15) is 37.7 Å². The van der Waals surface area contributed by atoms with E-state index in [0.29, 0.717) is 0 Å². The molecule has 7 heteroatoms. The van der Waals surface area contributed by atoms with Gasteiger partial charge in [0.05, 0.1) is 5.25 Å². The molecule has 1 saturated carbocycles. The molecule has 0 spiro atoms. The van der Waals surface area contributed by atoms with E-state index in [4.69, 9.17) is 0 Å². The van der Waals surface area contributed by atoms with Crippen molar-refractivity contribution in [3.05, 3.63) is 48.0 Å². The van der Waals surface area contributed by atoms with E-state index in [1.54, 1.807) is 6.07 Å². The fourth-order valence-electron chi connectivity index (χ4n) is 4.16. The molecule has 150 valence electrons. The zero-order chi connectivity index (χ0) is 19.4. The van der Waals surface area contributed by atoms with Gasteiger partial charge in [-0.3, -0.25) is 4.90 Å². The van der Waals surface area contributed by atoms with Crippen molar-refractivity contribution < 1.29 is 8.42 Å². The van der Waals surface area contributed by atoms with Crippen LogP contribution in [0.25, 0.3) is 0 Å². The number of hydrogen-bond donors (Lipinski definition) is 0. The fourth-order valence-corrected chi connectivity index (χ4v) is 5.86. The third-order valence-electron chi connectivity index (χ3n) is 5.85. The second-order valence-corrected chi connectivity index (χ2v) is 9.96. The number of aromatic nitrogens is 2. The first kappa shape index (κ1) is 19.3. The highest BCUT2D eigenvalue weighted by Gasteiger charge is 2.30. The van der Waals surface area contributed by atoms with Crippen LogP contribution in [0.15, 0.2) is 47.5 Å². The lowest BCUT2D eigenvalue weighted by Crippen LogP contribution is -2.46. The molecule has 0 bridgehead atoms. The number of hydrogen-bond acceptors (Lipinski definition) is 6. The van der Waals surface area contributed by atoms with E-state index >= 15 is 0 Å². The third kappa shape index (κ3) is 4.36. The average molecular weight is 401 g/mol. The van der Waals surface area contributed by atoms with Gasteiger partial charge < -0.3 is 4.90 Å². The smallest absolute Gasteiger partial charge is 0.200 e. The maximum absolute atomic E-state index is 12.8. The summed E-state index contributed by atoms with van der Waals surface area (Å²) in [5, 5.41) is 8.19. The van der Waals surface area contributed by atoms with Crippen molar-refractivity contribution >= 4 is 15.7 Å². The molecule has 1 aliphatic heterocycles. The molecule has 0 amide bonds. The third-order valence-corrected chi connectivity index (χ3v) is 8.00. The van der Waals surface area contributed by atoms with Crippen molar-refractivity contribution in [1.82, 2.24) is 15.1 Å². The van der Waals surface area contributed by atoms with Crippen LogP contribution in [0.5, 0.6) is 0 Å². The summed E-state index contributed by atoms with van der Waals surface area (Å²) in [7, 11) is -3.35. The van der Waals surface area contributed by atoms with E-state index in [1.807, 2.05) is 12.1 Å². The molecule has 1 aromatic heterocycles. The van der Waals surface area contributed by atoms with Gasteiger partial charge >= 0.3 is 0 Å². The van der Waals surface area contributed by atoms with E-state index in [1.165, 1.54) is 5.56 Å². The van der Waals surface area contributed by atoms with Crippen LogP contribution in [-0.4, -0.2) is 54.9 Å². The Hall–Kier alpha value is -1.99. The van der Waals surface area contributed by atoms with Crippen molar-refractivity contribution in [2.45, 2.75) is 48.9 Å². The van der Waals surface area contributed by atoms with Gasteiger partial charge in [-0.05, 0) is 30.5 Å². The van der Waals surface area contributed by atoms with E-state index in [-0.39, 0.29) is 10.3 Å². The molecule has 0 radical (unpaired) electrons. The minimum absolute atomic E-state index is 0.130. The quantitative estimate of drug-likeness (QED) is 0.769. The van der Waals surface area contributed by atoms with Gasteiger partial charge in [0, 0.05) is 32.7 Å². The molecule has 2 fully saturated rings. The summed E-state index contributed by atoms with van der Waals surface area (Å²) in [5.41, 5.74) is 1.33. The lowest BCUT2D eigenvalue weighted by molar-refractivity contribution is 0.249. The molecule has 6 nitrogen and oxygen atoms in total. The largest absolute Gasteiger partial charge is 0.353 e. The van der Waals surface area contributed by atoms with E-state index in [9.17, 15) is 8.42 Å². The molecular weight excluding hydrogens is 372 g/mol. The van der Waals surface area contributed by atoms with Crippen molar-refractivity contribution in [3.8, 4) is 0 Å². The number of sulfone groups is 1. The summed E-state index contributed by atoms with van der Waals surface area (Å²) in [6, 6.07) is 14.0. The topological polar surface area (TPSA) is 66.4 Å². The predicted octanol–water partition coefficient (Wildman–Crippen LogP) is 2.91. The Morgan fingerprint density at radius 3 is 2.21 bits per heavy atom. The van der Waals surface area contributed by atoms with E-state index in [0.717, 1.165) is 70.6 Å². The Labute approximate surface area is 167 Å². The number of rotatable bonds is 5. The summed E-state index contributed by atoms with van der Waals surface area (Å²) < 4.78 is 25.5. The summed E-state index contributed by atoms with van der Waals surface area (Å²) in [4.78, 5) is 4.62. The fraction of sp³-hybridized carbons (Fsp3) is 0.524. The SMILES string of the molecule is O=S(=O)(c1ccc(N2CCN(Cc3ccccc3)CC2)nn1)C1CCCCC1. The molecule has 1 aliphatic carbocycles. The lowest BCUT2D eigenvalue weighted by atomic mass is 10.0. The molecule has 0 unspecified atom stereocenters. The molecule has 4 rings (SSSR count). The van der Waals surface area contributed by atoms with Gasteiger partial charge in [0.2, 0.25) is 0 Å². The van der Waals surface area contributed by atoms with E-state index in [2.05, 4.69) is 44.3 Å². The van der Waals surface area contributed by atoms with Gasteiger partial charge in [-0.25, -0.2) is 8.42 Å². The van der Waals surface area contributed by atoms with Gasteiger partial charge in [-0.2, -0.15) is 0 Å². The predicted molar refractivity (Wildman–Crippen MR) is 110 cm³/mol. The molecule has 1 aromatic carbocycles. The maximum Gasteiger partial charge on any atom is 0.200 e. The molecule has 2 aromatic rings. The molecule has 2 heterocycles. The first-order valence-electron chi connectivity index (χ1n) is 10.2. The number of nitrogens with zero attached hydrogens (tertiary/aromatic N) is 4. The Morgan fingerprint density at radius 2 is 1.57 bits per heavy atom. The molecule has 28 heavy (non-hydrogen) atoms. The standard InChI is InChI=1S/C21H28N4O2S/c26-28(27,19-9-5-2-6-10-19)21-12-11-20(22-23-21)25-15-13-24(14-16-25)17-18-7-3-1-4-8-18/h1,3-4,7-8,11-12,19H,2,5-6,9-10,13-17H2. The van der Waals surface area contributed by atoms with Crippen LogP contribution >= 0.6 is 0 Å². The Morgan fingerprint density at radius 1 is 0.857 bits per heavy atom. The van der Waals surface area contributed by atoms with Gasteiger partial charge in [0.25, 0.3) is 0 Å². The molecule has 0 atom stereocenters. The van der Waals surface area contributed by atoms with Crippen molar-refractivity contribution in [3.63, 3.8) is 0 Å². The molecule has 1 saturated heterocycles. The molecule has 2 aliphatic rings. The minimum atomic E-state index is -3.35. The van der Waals surface area contributed by atoms with Crippen LogP contribution in [-0.2, 0) is 16.4 Å². The number of anilines is 1. The first-order chi connectivity index (χ1) is 13.6. The van der Waals surface area contributed by atoms with Crippen molar-refractivity contribution in [2.24, 2.45) is 0 Å². The van der Waals surface area contributed by atoms with Crippen LogP contribution < -0.4 is 4.90 Å². The highest BCUT2D eigenvalue weighted by Crippen LogP contribution is 2.28. The van der Waals surface area contributed by atoms with Crippen LogP contribution in [0.4, 0.5) is 5.82 Å². The average Bonchev–Trinajstić information content (AvgIpc) is 2.76. The Kier molecular flexibility index (Phi) is 5.92. The maximum atomic E-state index is 12.8. The van der Waals surface area contributed by atoms with Crippen molar-refractivity contribution in [1.29, 1.82) is 0 Å². The Bertz CT molecular complexity index is 857. The van der Waals surface area contributed by atoms with Gasteiger partial charge in [0.15, 0.2) is 20.7 Å². The van der Waals surface area contributed by atoms with Crippen LogP contribution in [0.2, 0.25) is 0 Å². The van der Waals surface area contributed by atoms with Gasteiger partial charge in [0.1, 0.15) is 0 Å². The lowest BCUT2D eigenvalue weighted by Gasteiger charge is -2.35. The second kappa shape index (κ2) is 8.57. The van der Waals surface area contributed by atoms with Gasteiger partial charge in [-0.15, -0.1) is 10.2 Å². The normalized spacial score (nSPS) is 19.6. The van der Waals surface area contributed by atoms with E-state index < -0.39 is 9.84 Å². The minimum Gasteiger partial charge on any atom is -0.353 e.